The number of Topliss-reactive ketones (excluding diaryl/α,β-unsaturated/α-hetero) is 7. The molecule has 0 aliphatic carbocycles. The number of nitrogens with zero attached hydrogens (tertiary/aromatic N) is 2. The molecule has 1 unspecified atom stereocenters. The molecule has 28 nitrogen and oxygen atoms in total. The maximum absolute atomic E-state index is 13.5. The van der Waals surface area contributed by atoms with Crippen molar-refractivity contribution in [1.29, 1.82) is 0 Å². The first kappa shape index (κ1) is 76.6. The molecule has 4 rings (SSSR count). The first-order valence-electron chi connectivity index (χ1n) is 29.7. The number of hydrogen-bond donors (Lipinski definition) is 4. The van der Waals surface area contributed by atoms with Gasteiger partial charge in [0.15, 0.2) is 38.8 Å². The summed E-state index contributed by atoms with van der Waals surface area (Å²) in [5, 5.41) is 9.98. The van der Waals surface area contributed by atoms with Gasteiger partial charge >= 0.3 is 6.03 Å². The van der Waals surface area contributed by atoms with Crippen molar-refractivity contribution in [1.82, 2.24) is 25.8 Å². The normalized spacial score (nSPS) is 15.4. The van der Waals surface area contributed by atoms with Crippen LogP contribution >= 0.6 is 33.3 Å². The number of ether oxygens (including phenoxy) is 8. The van der Waals surface area contributed by atoms with Gasteiger partial charge in [-0.1, -0.05) is 33.7 Å². The topological polar surface area (TPSA) is 367 Å². The zero-order valence-corrected chi connectivity index (χ0v) is 53.9. The minimum atomic E-state index is -2.31. The van der Waals surface area contributed by atoms with Crippen molar-refractivity contribution in [2.24, 2.45) is 11.3 Å². The summed E-state index contributed by atoms with van der Waals surface area (Å²) in [7, 11) is 2.55. The molecule has 3 aliphatic rings. The van der Waals surface area contributed by atoms with E-state index in [2.05, 4.69) is 21.3 Å². The highest BCUT2D eigenvalue weighted by atomic mass is 33.2. The van der Waals surface area contributed by atoms with E-state index in [1.807, 2.05) is 0 Å². The Morgan fingerprint density at radius 2 is 1.12 bits per heavy atom. The van der Waals surface area contributed by atoms with E-state index in [9.17, 15) is 67.1 Å². The second kappa shape index (κ2) is 41.6. The molecule has 31 heteroatoms. The summed E-state index contributed by atoms with van der Waals surface area (Å²) in [6, 6.07) is 6.10. The number of benzene rings is 1. The van der Waals surface area contributed by atoms with E-state index in [1.54, 1.807) is 24.3 Å². The summed E-state index contributed by atoms with van der Waals surface area (Å²) in [6.07, 6.45) is 0.227. The van der Waals surface area contributed by atoms with Crippen LogP contribution in [0.4, 0.5) is 10.5 Å². The average molecular weight is 1330 g/mol. The lowest BCUT2D eigenvalue weighted by atomic mass is 9.72. The van der Waals surface area contributed by atoms with Gasteiger partial charge in [0, 0.05) is 95.5 Å². The van der Waals surface area contributed by atoms with Gasteiger partial charge in [-0.05, 0) is 51.8 Å². The highest BCUT2D eigenvalue weighted by Crippen LogP contribution is 2.66. The van der Waals surface area contributed by atoms with Gasteiger partial charge in [0.1, 0.15) is 5.78 Å². The summed E-state index contributed by atoms with van der Waals surface area (Å²) in [4.78, 5) is 177. The fraction of sp³-hybridized carbons (Fsp3) is 0.661. The number of urea groups is 1. The molecule has 1 aromatic carbocycles. The first-order valence-corrected chi connectivity index (χ1v) is 32.9. The first-order chi connectivity index (χ1) is 43.1. The Hall–Kier alpha value is -5.87. The molecule has 90 heavy (non-hydrogen) atoms. The molecule has 3 heterocycles. The smallest absolute Gasteiger partial charge is 0.319 e. The molecule has 0 bridgehead atoms. The molecule has 1 aromatic rings. The Kier molecular flexibility index (Phi) is 35.4. The summed E-state index contributed by atoms with van der Waals surface area (Å²) >= 11 is 1.12. The molecule has 0 saturated carbocycles. The minimum absolute atomic E-state index is 0.0526. The lowest BCUT2D eigenvalue weighted by molar-refractivity contribution is -0.155. The number of nitrogens with one attached hydrogen (secondary N) is 4. The van der Waals surface area contributed by atoms with Crippen molar-refractivity contribution >= 4 is 121 Å². The maximum atomic E-state index is 13.5. The van der Waals surface area contributed by atoms with Gasteiger partial charge < -0.3 is 59.2 Å². The summed E-state index contributed by atoms with van der Waals surface area (Å²) in [5.41, 5.74) is -1.07. The number of ketones is 7. The maximum Gasteiger partial charge on any atom is 0.319 e. The van der Waals surface area contributed by atoms with Gasteiger partial charge in [-0.25, -0.2) is 4.79 Å². The van der Waals surface area contributed by atoms with Crippen molar-refractivity contribution in [3.8, 4) is 0 Å². The fourth-order valence-corrected chi connectivity index (χ4v) is 12.4. The number of thioether (sulfide) groups is 1. The quantitative estimate of drug-likeness (QED) is 0.0179. The van der Waals surface area contributed by atoms with E-state index < -0.39 is 67.5 Å². The zero-order valence-electron chi connectivity index (χ0n) is 51.5. The Bertz CT molecular complexity index is 2610. The van der Waals surface area contributed by atoms with E-state index in [0.717, 1.165) is 43.0 Å². The largest absolute Gasteiger partial charge is 0.379 e. The molecule has 3 aliphatic heterocycles. The number of hydrogen-bond acceptors (Lipinski definition) is 25. The van der Waals surface area contributed by atoms with Crippen molar-refractivity contribution in [3.63, 3.8) is 0 Å². The van der Waals surface area contributed by atoms with Crippen molar-refractivity contribution < 1.29 is 105 Å². The van der Waals surface area contributed by atoms with Crippen molar-refractivity contribution in [2.75, 3.05) is 150 Å². The van der Waals surface area contributed by atoms with Crippen LogP contribution < -0.4 is 21.3 Å². The van der Waals surface area contributed by atoms with Crippen molar-refractivity contribution in [3.05, 3.63) is 29.8 Å². The third kappa shape index (κ3) is 26.4. The molecule has 500 valence electrons. The number of anilines is 1. The predicted molar refractivity (Wildman–Crippen MR) is 328 cm³/mol. The van der Waals surface area contributed by atoms with Crippen molar-refractivity contribution in [2.45, 2.75) is 94.8 Å². The molecule has 0 spiro atoms. The number of amides is 8. The van der Waals surface area contributed by atoms with E-state index in [0.29, 0.717) is 58.1 Å². The summed E-state index contributed by atoms with van der Waals surface area (Å²) in [6.45, 7) is 8.09. The highest BCUT2D eigenvalue weighted by Gasteiger charge is 2.57. The van der Waals surface area contributed by atoms with E-state index in [1.165, 1.54) is 33.4 Å². The number of aryl methyl sites for hydroxylation is 1. The molecule has 3 saturated heterocycles. The van der Waals surface area contributed by atoms with Gasteiger partial charge in [0.2, 0.25) is 40.9 Å². The van der Waals surface area contributed by atoms with Crippen LogP contribution in [0.1, 0.15) is 84.6 Å². The van der Waals surface area contributed by atoms with Gasteiger partial charge in [-0.2, -0.15) is 0 Å². The molecule has 3 fully saturated rings. The van der Waals surface area contributed by atoms with Crippen LogP contribution in [0.15, 0.2) is 24.3 Å². The van der Waals surface area contributed by atoms with Gasteiger partial charge in [-0.3, -0.25) is 72.1 Å². The molecule has 8 amide bonds. The Labute approximate surface area is 534 Å². The molecule has 4 N–H and O–H groups in total. The molecule has 0 aromatic heterocycles. The molecular weight excluding hydrogens is 1240 g/mol. The second-order valence-electron chi connectivity index (χ2n) is 20.8. The van der Waals surface area contributed by atoms with E-state index in [-0.39, 0.29) is 185 Å². The SMILES string of the molecule is CC(=O)C1(C(=O)CCOCCOCCOCCOCCNC(=O)CCN2C(=O)CC(SCCC(=O)C[C@H](CNC(=O)Nc3ccc(CCC(=O)N4CCC4=O)cc3)C(=O)NCCOCCOCCOCCOCCC(=O)C(C(C)=O)(C(C)=O)C(C)=O)C2=O)SS1. The average Bonchev–Trinajstić information content (AvgIpc) is 1.49. The predicted octanol–water partition coefficient (Wildman–Crippen LogP) is 1.43. The number of rotatable bonds is 52. The summed E-state index contributed by atoms with van der Waals surface area (Å²) in [5.74, 6) is -7.04. The van der Waals surface area contributed by atoms with Gasteiger partial charge in [0.05, 0.1) is 117 Å². The number of carbonyl (C=O) groups excluding carboxylic acids is 14. The second-order valence-corrected chi connectivity index (χ2v) is 24.9. The lowest BCUT2D eigenvalue weighted by Crippen LogP contribution is -2.50. The lowest BCUT2D eigenvalue weighted by Gasteiger charge is -2.28. The fourth-order valence-electron chi connectivity index (χ4n) is 9.02. The van der Waals surface area contributed by atoms with E-state index in [4.69, 9.17) is 37.9 Å². The Balaban J connectivity index is 1.08. The van der Waals surface area contributed by atoms with Crippen LogP contribution in [0, 0.1) is 11.3 Å². The monoisotopic (exact) mass is 1320 g/mol. The van der Waals surface area contributed by atoms with Gasteiger partial charge in [-0.15, -0.1) is 11.8 Å². The zero-order chi connectivity index (χ0) is 65.9. The standard InChI is InChI=1S/C59H84N6O22S3/c1-40(66)58(41(2)67,42(3)68)49(71)13-20-80-24-28-84-32-35-87-31-27-83-23-17-61-55(77)45(39-62-57(79)63-46-8-5-44(6-9-46)7-10-52(74)64-19-12-53(64)75)37-47(70)15-36-88-48-38-54(76)65(56(48)78)18-11-51(73)60-16-22-82-26-30-86-34-33-85-29-25-81-21-14-50(72)59(43(4)69)89-90-59/h5-6,8-9,45,48H,7,10-39H2,1-4H3,(H,60,73)(H,61,77)(H2,62,63,79)/t45-,48?/m1/s1. The van der Waals surface area contributed by atoms with Crippen LogP contribution in [-0.2, 0) is 107 Å². The number of imide groups is 2. The Morgan fingerprint density at radius 3 is 1.61 bits per heavy atom. The van der Waals surface area contributed by atoms with Crippen LogP contribution in [0.2, 0.25) is 0 Å². The molecule has 2 atom stereocenters. The van der Waals surface area contributed by atoms with Crippen LogP contribution in [0.5, 0.6) is 0 Å². The van der Waals surface area contributed by atoms with Crippen LogP contribution in [0.25, 0.3) is 0 Å². The van der Waals surface area contributed by atoms with Gasteiger partial charge in [0.25, 0.3) is 0 Å². The highest BCUT2D eigenvalue weighted by molar-refractivity contribution is 8.94. The number of likely N-dealkylation sites (tertiary alicyclic amines) is 2. The third-order valence-corrected chi connectivity index (χ3v) is 18.4. The number of carbonyl (C=O) groups is 14. The van der Waals surface area contributed by atoms with Crippen LogP contribution in [-0.4, -0.2) is 245 Å². The number of β-lactam (4-membered cyclic amide) rings is 1. The molecular formula is C59H84N6O22S3. The minimum Gasteiger partial charge on any atom is -0.379 e. The Morgan fingerprint density at radius 1 is 0.611 bits per heavy atom. The molecule has 0 radical (unpaired) electrons. The van der Waals surface area contributed by atoms with E-state index >= 15 is 0 Å². The summed E-state index contributed by atoms with van der Waals surface area (Å²) < 4.78 is 42.7. The van der Waals surface area contributed by atoms with Crippen LogP contribution in [0.3, 0.4) is 0 Å². The third-order valence-electron chi connectivity index (χ3n) is 14.2.